The lowest BCUT2D eigenvalue weighted by Crippen LogP contribution is -2.23. The summed E-state index contributed by atoms with van der Waals surface area (Å²) < 4.78 is 0. The van der Waals surface area contributed by atoms with E-state index in [4.69, 9.17) is 16.7 Å². The molecule has 1 aliphatic rings. The molecule has 0 saturated carbocycles. The molecule has 0 spiro atoms. The van der Waals surface area contributed by atoms with Gasteiger partial charge in [0.2, 0.25) is 0 Å². The number of aromatic nitrogens is 1. The Balaban J connectivity index is 0.000000166. The van der Waals surface area contributed by atoms with Crippen LogP contribution in [-0.2, 0) is 0 Å². The van der Waals surface area contributed by atoms with Gasteiger partial charge in [0.1, 0.15) is 0 Å². The van der Waals surface area contributed by atoms with E-state index in [0.717, 1.165) is 35.6 Å². The van der Waals surface area contributed by atoms with Gasteiger partial charge in [-0.3, -0.25) is 0 Å². The maximum Gasteiger partial charge on any atom is 0.0664 e. The molecule has 3 nitrogen and oxygen atoms in total. The number of aryl methyl sites for hydroxylation is 1. The fraction of sp³-hybridized carbons (Fsp3) is 0.368. The van der Waals surface area contributed by atoms with E-state index in [-0.39, 0.29) is 6.10 Å². The highest BCUT2D eigenvalue weighted by Gasteiger charge is 2.06. The number of hydrogen-bond acceptors (Lipinski definition) is 2. The molecule has 4 heteroatoms. The number of aromatic amines is 1. The minimum absolute atomic E-state index is 0.0856. The highest BCUT2D eigenvalue weighted by atomic mass is 35.5. The molecule has 0 amide bonds. The molecule has 0 bridgehead atoms. The van der Waals surface area contributed by atoms with Gasteiger partial charge in [-0.05, 0) is 63.1 Å². The Kier molecular flexibility index (Phi) is 5.21. The zero-order chi connectivity index (χ0) is 16.2. The second-order valence-electron chi connectivity index (χ2n) is 6.22. The SMILES string of the molecule is Cc1ccc2[nH]c3ccc(Cl)cc3c2c1.OC1CCCCNC1. The summed E-state index contributed by atoms with van der Waals surface area (Å²) in [5, 5.41) is 15.4. The number of rotatable bonds is 0. The van der Waals surface area contributed by atoms with Crippen LogP contribution >= 0.6 is 11.6 Å². The third-order valence-corrected chi connectivity index (χ3v) is 4.47. The summed E-state index contributed by atoms with van der Waals surface area (Å²) in [6.07, 6.45) is 3.29. The first kappa shape index (κ1) is 16.3. The van der Waals surface area contributed by atoms with Gasteiger partial charge in [0.15, 0.2) is 0 Å². The van der Waals surface area contributed by atoms with Gasteiger partial charge in [0.05, 0.1) is 6.10 Å². The van der Waals surface area contributed by atoms with Crippen molar-refractivity contribution in [2.24, 2.45) is 0 Å². The highest BCUT2D eigenvalue weighted by molar-refractivity contribution is 6.31. The third-order valence-electron chi connectivity index (χ3n) is 4.24. The number of aliphatic hydroxyl groups is 1. The minimum atomic E-state index is -0.0856. The van der Waals surface area contributed by atoms with E-state index in [1.807, 2.05) is 18.2 Å². The van der Waals surface area contributed by atoms with Crippen molar-refractivity contribution in [3.05, 3.63) is 47.0 Å². The molecule has 3 aromatic rings. The Morgan fingerprint density at radius 3 is 2.61 bits per heavy atom. The smallest absolute Gasteiger partial charge is 0.0664 e. The Morgan fingerprint density at radius 2 is 1.78 bits per heavy atom. The van der Waals surface area contributed by atoms with Crippen molar-refractivity contribution in [2.45, 2.75) is 32.3 Å². The summed E-state index contributed by atoms with van der Waals surface area (Å²) in [7, 11) is 0. The maximum atomic E-state index is 9.03. The number of benzene rings is 2. The Morgan fingerprint density at radius 1 is 1.04 bits per heavy atom. The summed E-state index contributed by atoms with van der Waals surface area (Å²) in [6, 6.07) is 12.3. The predicted octanol–water partition coefficient (Wildman–Crippen LogP) is 4.40. The van der Waals surface area contributed by atoms with E-state index in [1.165, 1.54) is 29.2 Å². The average Bonchev–Trinajstić information content (AvgIpc) is 2.70. The summed E-state index contributed by atoms with van der Waals surface area (Å²) >= 11 is 6.00. The summed E-state index contributed by atoms with van der Waals surface area (Å²) in [4.78, 5) is 3.37. The lowest BCUT2D eigenvalue weighted by atomic mass is 10.1. The van der Waals surface area contributed by atoms with Gasteiger partial charge >= 0.3 is 0 Å². The molecule has 2 heterocycles. The quantitative estimate of drug-likeness (QED) is 0.572. The molecule has 1 aromatic heterocycles. The van der Waals surface area contributed by atoms with Crippen molar-refractivity contribution in [1.29, 1.82) is 0 Å². The van der Waals surface area contributed by atoms with Gasteiger partial charge in [-0.25, -0.2) is 0 Å². The van der Waals surface area contributed by atoms with E-state index in [9.17, 15) is 0 Å². The Labute approximate surface area is 141 Å². The van der Waals surface area contributed by atoms with Gasteiger partial charge in [0.25, 0.3) is 0 Å². The van der Waals surface area contributed by atoms with Crippen LogP contribution in [0, 0.1) is 6.92 Å². The summed E-state index contributed by atoms with van der Waals surface area (Å²) in [5.41, 5.74) is 3.57. The molecule has 0 radical (unpaired) electrons. The number of hydrogen-bond donors (Lipinski definition) is 3. The number of β-amino-alcohol motifs (C(OH)–C–C–N with tert-alkyl or cyclic N) is 1. The number of aliphatic hydroxyl groups excluding tert-OH is 1. The van der Waals surface area contributed by atoms with Gasteiger partial charge in [-0.2, -0.15) is 0 Å². The van der Waals surface area contributed by atoms with E-state index in [2.05, 4.69) is 35.4 Å². The molecule has 122 valence electrons. The van der Waals surface area contributed by atoms with Gasteiger partial charge in [-0.15, -0.1) is 0 Å². The van der Waals surface area contributed by atoms with Crippen LogP contribution in [0.1, 0.15) is 24.8 Å². The normalized spacial score (nSPS) is 18.5. The molecule has 1 saturated heterocycles. The lowest BCUT2D eigenvalue weighted by Gasteiger charge is -2.03. The summed E-state index contributed by atoms with van der Waals surface area (Å²) in [5.74, 6) is 0. The predicted molar refractivity (Wildman–Crippen MR) is 98.3 cm³/mol. The average molecular weight is 331 g/mol. The topological polar surface area (TPSA) is 48.0 Å². The monoisotopic (exact) mass is 330 g/mol. The summed E-state index contributed by atoms with van der Waals surface area (Å²) in [6.45, 7) is 3.97. The molecule has 0 aliphatic carbocycles. The number of fused-ring (bicyclic) bond motifs is 3. The third kappa shape index (κ3) is 4.05. The molecule has 2 aromatic carbocycles. The molecule has 4 rings (SSSR count). The first-order chi connectivity index (χ1) is 11.1. The van der Waals surface area contributed by atoms with Crippen LogP contribution in [0.3, 0.4) is 0 Å². The van der Waals surface area contributed by atoms with Crippen LogP contribution < -0.4 is 5.32 Å². The molecule has 1 atom stereocenters. The van der Waals surface area contributed by atoms with E-state index >= 15 is 0 Å². The van der Waals surface area contributed by atoms with Crippen molar-refractivity contribution in [3.8, 4) is 0 Å². The van der Waals surface area contributed by atoms with Crippen LogP contribution in [0.25, 0.3) is 21.8 Å². The molecular formula is C19H23ClN2O. The van der Waals surface area contributed by atoms with Crippen LogP contribution in [0.15, 0.2) is 36.4 Å². The van der Waals surface area contributed by atoms with E-state index < -0.39 is 0 Å². The Bertz CT molecular complexity index is 732. The number of H-pyrrole nitrogens is 1. The largest absolute Gasteiger partial charge is 0.392 e. The zero-order valence-corrected chi connectivity index (χ0v) is 14.2. The first-order valence-corrected chi connectivity index (χ1v) is 8.57. The molecule has 1 unspecified atom stereocenters. The van der Waals surface area contributed by atoms with Crippen molar-refractivity contribution in [1.82, 2.24) is 10.3 Å². The van der Waals surface area contributed by atoms with Crippen LogP contribution in [0.2, 0.25) is 5.02 Å². The van der Waals surface area contributed by atoms with Crippen molar-refractivity contribution >= 4 is 33.4 Å². The van der Waals surface area contributed by atoms with Crippen molar-refractivity contribution in [2.75, 3.05) is 13.1 Å². The Hall–Kier alpha value is -1.55. The minimum Gasteiger partial charge on any atom is -0.392 e. The van der Waals surface area contributed by atoms with Crippen LogP contribution in [-0.4, -0.2) is 29.3 Å². The van der Waals surface area contributed by atoms with Gasteiger partial charge in [0, 0.05) is 33.4 Å². The second-order valence-corrected chi connectivity index (χ2v) is 6.65. The van der Waals surface area contributed by atoms with E-state index in [0.29, 0.717) is 0 Å². The van der Waals surface area contributed by atoms with Crippen molar-refractivity contribution < 1.29 is 5.11 Å². The fourth-order valence-electron chi connectivity index (χ4n) is 2.98. The zero-order valence-electron chi connectivity index (χ0n) is 13.4. The number of nitrogens with one attached hydrogen (secondary N) is 2. The van der Waals surface area contributed by atoms with E-state index in [1.54, 1.807) is 0 Å². The first-order valence-electron chi connectivity index (χ1n) is 8.20. The highest BCUT2D eigenvalue weighted by Crippen LogP contribution is 2.28. The maximum absolute atomic E-state index is 9.03. The standard InChI is InChI=1S/C13H10ClN.C6H13NO/c1-8-2-4-12-10(6-8)11-7-9(14)3-5-13(11)15-12;8-6-3-1-2-4-7-5-6/h2-7,15H,1H3;6-8H,1-5H2. The molecular weight excluding hydrogens is 308 g/mol. The molecule has 1 fully saturated rings. The molecule has 3 N–H and O–H groups in total. The van der Waals surface area contributed by atoms with Crippen LogP contribution in [0.5, 0.6) is 0 Å². The lowest BCUT2D eigenvalue weighted by molar-refractivity contribution is 0.168. The second kappa shape index (κ2) is 7.35. The molecule has 1 aliphatic heterocycles. The van der Waals surface area contributed by atoms with Gasteiger partial charge in [-0.1, -0.05) is 23.2 Å². The fourth-order valence-corrected chi connectivity index (χ4v) is 3.16. The number of halogens is 1. The van der Waals surface area contributed by atoms with Crippen molar-refractivity contribution in [3.63, 3.8) is 0 Å². The van der Waals surface area contributed by atoms with Gasteiger partial charge < -0.3 is 15.4 Å². The molecule has 23 heavy (non-hydrogen) atoms. The van der Waals surface area contributed by atoms with Crippen LogP contribution in [0.4, 0.5) is 0 Å².